The van der Waals surface area contributed by atoms with Crippen LogP contribution in [-0.4, -0.2) is 8.76 Å². The second-order valence-corrected chi connectivity index (χ2v) is 3.27. The second-order valence-electron chi connectivity index (χ2n) is 2.36. The maximum atomic E-state index is 12.8. The highest BCUT2D eigenvalue weighted by Crippen LogP contribution is 2.34. The van der Waals surface area contributed by atoms with E-state index in [-0.39, 0.29) is 0 Å². The van der Waals surface area contributed by atoms with Gasteiger partial charge in [0.25, 0.3) is 0 Å². The zero-order chi connectivity index (χ0) is 10.9. The Hall–Kier alpha value is -0.950. The minimum Gasteiger partial charge on any atom is -0.302 e. The van der Waals surface area contributed by atoms with Gasteiger partial charge >= 0.3 is 6.18 Å². The molecule has 0 aromatic heterocycles. The van der Waals surface area contributed by atoms with E-state index in [1.807, 2.05) is 0 Å². The van der Waals surface area contributed by atoms with E-state index in [0.29, 0.717) is 12.1 Å². The van der Waals surface area contributed by atoms with Gasteiger partial charge in [-0.25, -0.2) is 8.60 Å². The molecule has 1 atom stereocenters. The lowest BCUT2D eigenvalue weighted by molar-refractivity contribution is -0.140. The van der Waals surface area contributed by atoms with Gasteiger partial charge in [0, 0.05) is 0 Å². The monoisotopic (exact) mass is 228 g/mol. The van der Waals surface area contributed by atoms with Crippen molar-refractivity contribution in [1.29, 1.82) is 0 Å². The molecule has 0 amide bonds. The lowest BCUT2D eigenvalue weighted by Gasteiger charge is -2.10. The zero-order valence-electron chi connectivity index (χ0n) is 6.51. The van der Waals surface area contributed by atoms with Crippen molar-refractivity contribution in [2.45, 2.75) is 11.1 Å². The fraction of sp³-hybridized carbons (Fsp3) is 0.143. The van der Waals surface area contributed by atoms with Crippen LogP contribution in [0.3, 0.4) is 0 Å². The van der Waals surface area contributed by atoms with Crippen LogP contribution in [0, 0.1) is 5.82 Å². The molecule has 0 heterocycles. The first-order chi connectivity index (χ1) is 6.34. The topological polar surface area (TPSA) is 37.3 Å². The molecular formula is C7H4F4O2S. The molecule has 1 aromatic rings. The Morgan fingerprint density at radius 1 is 1.29 bits per heavy atom. The highest BCUT2D eigenvalue weighted by molar-refractivity contribution is 7.79. The average molecular weight is 228 g/mol. The van der Waals surface area contributed by atoms with E-state index in [4.69, 9.17) is 4.55 Å². The summed E-state index contributed by atoms with van der Waals surface area (Å²) >= 11 is -2.99. The predicted molar refractivity (Wildman–Crippen MR) is 40.4 cm³/mol. The molecule has 1 unspecified atom stereocenters. The van der Waals surface area contributed by atoms with Gasteiger partial charge in [-0.15, -0.1) is 0 Å². The summed E-state index contributed by atoms with van der Waals surface area (Å²) in [4.78, 5) is -1.24. The van der Waals surface area contributed by atoms with Crippen LogP contribution in [0.15, 0.2) is 23.1 Å². The molecule has 0 radical (unpaired) electrons. The van der Waals surface area contributed by atoms with Crippen LogP contribution < -0.4 is 0 Å². The van der Waals surface area contributed by atoms with Crippen LogP contribution in [0.25, 0.3) is 0 Å². The zero-order valence-corrected chi connectivity index (χ0v) is 7.32. The summed E-state index contributed by atoms with van der Waals surface area (Å²) in [6.07, 6.45) is -4.84. The van der Waals surface area contributed by atoms with Crippen molar-refractivity contribution >= 4 is 11.1 Å². The normalized spacial score (nSPS) is 14.1. The Morgan fingerprint density at radius 2 is 1.86 bits per heavy atom. The maximum absolute atomic E-state index is 12.8. The fourth-order valence-corrected chi connectivity index (χ4v) is 1.52. The summed E-state index contributed by atoms with van der Waals surface area (Å²) in [5, 5.41) is 0. The molecule has 14 heavy (non-hydrogen) atoms. The van der Waals surface area contributed by atoms with Gasteiger partial charge < -0.3 is 4.55 Å². The number of hydrogen-bond donors (Lipinski definition) is 1. The Balaban J connectivity index is 3.44. The first-order valence-electron chi connectivity index (χ1n) is 3.30. The Morgan fingerprint density at radius 3 is 2.21 bits per heavy atom. The second kappa shape index (κ2) is 3.66. The van der Waals surface area contributed by atoms with Crippen LogP contribution in [0.5, 0.6) is 0 Å². The molecule has 78 valence electrons. The molecule has 0 aliphatic heterocycles. The third-order valence-corrected chi connectivity index (χ3v) is 2.21. The molecule has 0 aliphatic carbocycles. The Bertz CT molecular complexity index is 374. The number of alkyl halides is 3. The van der Waals surface area contributed by atoms with Crippen molar-refractivity contribution in [3.05, 3.63) is 29.6 Å². The number of benzene rings is 1. The minimum absolute atomic E-state index is 0.548. The number of rotatable bonds is 1. The maximum Gasteiger partial charge on any atom is 0.417 e. The van der Waals surface area contributed by atoms with Crippen molar-refractivity contribution in [2.75, 3.05) is 0 Å². The fourth-order valence-electron chi connectivity index (χ4n) is 0.910. The third kappa shape index (κ3) is 2.10. The van der Waals surface area contributed by atoms with Gasteiger partial charge in [0.2, 0.25) is 0 Å². The van der Waals surface area contributed by atoms with Gasteiger partial charge in [-0.1, -0.05) is 6.07 Å². The molecule has 0 fully saturated rings. The van der Waals surface area contributed by atoms with Crippen LogP contribution in [0.1, 0.15) is 5.56 Å². The quantitative estimate of drug-likeness (QED) is 0.592. The molecule has 0 saturated heterocycles. The first-order valence-corrected chi connectivity index (χ1v) is 4.41. The molecule has 2 nitrogen and oxygen atoms in total. The Kier molecular flexibility index (Phi) is 2.91. The van der Waals surface area contributed by atoms with Gasteiger partial charge in [-0.3, -0.25) is 0 Å². The summed E-state index contributed by atoms with van der Waals surface area (Å²) in [6.45, 7) is 0. The van der Waals surface area contributed by atoms with Crippen LogP contribution in [0.2, 0.25) is 0 Å². The highest BCUT2D eigenvalue weighted by atomic mass is 32.2. The highest BCUT2D eigenvalue weighted by Gasteiger charge is 2.36. The molecule has 7 heteroatoms. The molecule has 1 aromatic carbocycles. The van der Waals surface area contributed by atoms with Crippen molar-refractivity contribution in [3.63, 3.8) is 0 Å². The number of halogens is 4. The van der Waals surface area contributed by atoms with E-state index in [1.54, 1.807) is 0 Å². The SMILES string of the molecule is O=S(O)c1c(F)cccc1C(F)(F)F. The van der Waals surface area contributed by atoms with Crippen molar-refractivity contribution in [1.82, 2.24) is 0 Å². The van der Waals surface area contributed by atoms with E-state index in [0.717, 1.165) is 6.07 Å². The third-order valence-electron chi connectivity index (χ3n) is 1.45. The number of hydrogen-bond acceptors (Lipinski definition) is 1. The van der Waals surface area contributed by atoms with Gasteiger partial charge in [0.05, 0.1) is 5.56 Å². The van der Waals surface area contributed by atoms with Crippen LogP contribution >= 0.6 is 0 Å². The van der Waals surface area contributed by atoms with Crippen molar-refractivity contribution in [2.24, 2.45) is 0 Å². The lowest BCUT2D eigenvalue weighted by atomic mass is 10.2. The minimum atomic E-state index is -4.84. The smallest absolute Gasteiger partial charge is 0.302 e. The van der Waals surface area contributed by atoms with Gasteiger partial charge in [0.1, 0.15) is 10.7 Å². The van der Waals surface area contributed by atoms with Gasteiger partial charge in [0.15, 0.2) is 11.1 Å². The molecule has 1 rings (SSSR count). The summed E-state index contributed by atoms with van der Waals surface area (Å²) in [5.74, 6) is -1.35. The standard InChI is InChI=1S/C7H4F4O2S/c8-5-3-1-2-4(7(9,10)11)6(5)14(12)13/h1-3H,(H,12,13). The Labute approximate surface area is 78.8 Å². The molecule has 1 N–H and O–H groups in total. The molecule has 0 spiro atoms. The summed E-state index contributed by atoms with van der Waals surface area (Å²) < 4.78 is 68.2. The summed E-state index contributed by atoms with van der Waals surface area (Å²) in [5.41, 5.74) is -1.43. The summed E-state index contributed by atoms with van der Waals surface area (Å²) in [7, 11) is 0. The van der Waals surface area contributed by atoms with E-state index in [1.165, 1.54) is 0 Å². The molecule has 0 saturated carbocycles. The van der Waals surface area contributed by atoms with Crippen LogP contribution in [0.4, 0.5) is 17.6 Å². The molecule has 0 bridgehead atoms. The van der Waals surface area contributed by atoms with Gasteiger partial charge in [-0.2, -0.15) is 13.2 Å². The average Bonchev–Trinajstić information content (AvgIpc) is 2.01. The predicted octanol–water partition coefficient (Wildman–Crippen LogP) is 2.43. The first kappa shape index (κ1) is 11.1. The van der Waals surface area contributed by atoms with E-state index in [2.05, 4.69) is 0 Å². The van der Waals surface area contributed by atoms with E-state index >= 15 is 0 Å². The van der Waals surface area contributed by atoms with Crippen LogP contribution in [-0.2, 0) is 17.3 Å². The summed E-state index contributed by atoms with van der Waals surface area (Å²) in [6, 6.07) is 2.07. The van der Waals surface area contributed by atoms with Crippen molar-refractivity contribution in [3.8, 4) is 0 Å². The van der Waals surface area contributed by atoms with E-state index < -0.39 is 33.5 Å². The molecular weight excluding hydrogens is 224 g/mol. The lowest BCUT2D eigenvalue weighted by Crippen LogP contribution is -2.11. The molecule has 0 aliphatic rings. The largest absolute Gasteiger partial charge is 0.417 e. The van der Waals surface area contributed by atoms with E-state index in [9.17, 15) is 21.8 Å². The van der Waals surface area contributed by atoms with Crippen molar-refractivity contribution < 1.29 is 26.3 Å². The van der Waals surface area contributed by atoms with Gasteiger partial charge in [-0.05, 0) is 12.1 Å².